The number of fused-ring (bicyclic) bond motifs is 1. The summed E-state index contributed by atoms with van der Waals surface area (Å²) in [5.41, 5.74) is 2.86. The molecule has 33 heavy (non-hydrogen) atoms. The van der Waals surface area contributed by atoms with E-state index in [-0.39, 0.29) is 17.4 Å². The molecule has 0 saturated heterocycles. The molecule has 4 rings (SSSR count). The van der Waals surface area contributed by atoms with Crippen molar-refractivity contribution in [3.05, 3.63) is 66.2 Å². The molecule has 1 amide bonds. The van der Waals surface area contributed by atoms with Crippen LogP contribution in [0.4, 0.5) is 0 Å². The van der Waals surface area contributed by atoms with Crippen molar-refractivity contribution in [2.75, 3.05) is 7.11 Å². The average molecular weight is 447 g/mol. The van der Waals surface area contributed by atoms with Crippen LogP contribution < -0.4 is 14.8 Å². The third-order valence-corrected chi connectivity index (χ3v) is 5.92. The molecule has 0 saturated carbocycles. The van der Waals surface area contributed by atoms with Gasteiger partial charge in [-0.3, -0.25) is 9.78 Å². The maximum Gasteiger partial charge on any atom is 0.261 e. The Bertz CT molecular complexity index is 1120. The predicted molar refractivity (Wildman–Crippen MR) is 126 cm³/mol. The van der Waals surface area contributed by atoms with Gasteiger partial charge in [0.25, 0.3) is 5.91 Å². The molecule has 2 heterocycles. The number of aromatic nitrogens is 3. The fraction of sp³-hybridized carbons (Fsp3) is 0.385. The summed E-state index contributed by atoms with van der Waals surface area (Å²) < 4.78 is 11.3. The number of ether oxygens (including phenoxy) is 2. The lowest BCUT2D eigenvalue weighted by atomic mass is 9.74. The highest BCUT2D eigenvalue weighted by Gasteiger charge is 2.35. The number of nitrogens with zero attached hydrogens (tertiary/aromatic N) is 3. The first-order chi connectivity index (χ1) is 15.9. The molecule has 0 unspecified atom stereocenters. The molecule has 1 aliphatic rings. The van der Waals surface area contributed by atoms with Crippen LogP contribution in [0.1, 0.15) is 50.9 Å². The van der Waals surface area contributed by atoms with Crippen LogP contribution in [0, 0.1) is 5.41 Å². The van der Waals surface area contributed by atoms with E-state index in [1.165, 1.54) is 0 Å². The fourth-order valence-electron chi connectivity index (χ4n) is 4.24. The molecule has 2 aromatic heterocycles. The number of rotatable bonds is 7. The lowest BCUT2D eigenvalue weighted by Gasteiger charge is -2.37. The third kappa shape index (κ3) is 5.30. The van der Waals surface area contributed by atoms with E-state index in [0.29, 0.717) is 23.7 Å². The molecule has 0 spiro atoms. The van der Waals surface area contributed by atoms with Crippen molar-refractivity contribution in [1.29, 1.82) is 0 Å². The standard InChI is InChI=1S/C26H30N4O3/c1-5-23(33-19-8-6-7-18(13-19)32-4)25(31)30-22-15-26(2,3)14-21-20(22)16-28-24(29-21)17-9-11-27-12-10-17/h6-13,16,22-23H,5,14-15H2,1-4H3,(H,30,31)/t22-,23-/m1/s1. The van der Waals surface area contributed by atoms with Gasteiger partial charge in [0.1, 0.15) is 11.5 Å². The van der Waals surface area contributed by atoms with E-state index in [1.807, 2.05) is 43.5 Å². The molecule has 7 nitrogen and oxygen atoms in total. The second-order valence-electron chi connectivity index (χ2n) is 9.13. The Hall–Kier alpha value is -3.48. The van der Waals surface area contributed by atoms with Crippen molar-refractivity contribution in [2.24, 2.45) is 5.41 Å². The summed E-state index contributed by atoms with van der Waals surface area (Å²) in [5, 5.41) is 3.20. The topological polar surface area (TPSA) is 86.2 Å². The molecule has 1 aromatic carbocycles. The van der Waals surface area contributed by atoms with Gasteiger partial charge < -0.3 is 14.8 Å². The third-order valence-electron chi connectivity index (χ3n) is 5.92. The number of methoxy groups -OCH3 is 1. The lowest BCUT2D eigenvalue weighted by Crippen LogP contribution is -2.43. The van der Waals surface area contributed by atoms with Crippen molar-refractivity contribution in [1.82, 2.24) is 20.3 Å². The number of carbonyl (C=O) groups is 1. The molecule has 2 atom stereocenters. The monoisotopic (exact) mass is 446 g/mol. The van der Waals surface area contributed by atoms with Gasteiger partial charge in [0.15, 0.2) is 11.9 Å². The second-order valence-corrected chi connectivity index (χ2v) is 9.13. The van der Waals surface area contributed by atoms with Gasteiger partial charge in [-0.15, -0.1) is 0 Å². The van der Waals surface area contributed by atoms with E-state index in [9.17, 15) is 4.79 Å². The molecule has 7 heteroatoms. The van der Waals surface area contributed by atoms with Crippen LogP contribution in [0.3, 0.4) is 0 Å². The molecule has 0 fully saturated rings. The van der Waals surface area contributed by atoms with Crippen LogP contribution >= 0.6 is 0 Å². The molecule has 0 bridgehead atoms. The zero-order chi connectivity index (χ0) is 23.4. The highest BCUT2D eigenvalue weighted by molar-refractivity contribution is 5.81. The molecular formula is C26H30N4O3. The molecular weight excluding hydrogens is 416 g/mol. The normalized spacial score (nSPS) is 17.5. The van der Waals surface area contributed by atoms with E-state index in [1.54, 1.807) is 25.6 Å². The number of carbonyl (C=O) groups excluding carboxylic acids is 1. The predicted octanol–water partition coefficient (Wildman–Crippen LogP) is 4.53. The minimum Gasteiger partial charge on any atom is -0.497 e. The van der Waals surface area contributed by atoms with Crippen LogP contribution in [0.2, 0.25) is 0 Å². The zero-order valence-electron chi connectivity index (χ0n) is 19.5. The van der Waals surface area contributed by atoms with Crippen LogP contribution in [0.15, 0.2) is 55.0 Å². The maximum atomic E-state index is 13.2. The van der Waals surface area contributed by atoms with Crippen molar-refractivity contribution >= 4 is 5.91 Å². The number of hydrogen-bond donors (Lipinski definition) is 1. The Morgan fingerprint density at radius 3 is 2.70 bits per heavy atom. The van der Waals surface area contributed by atoms with E-state index < -0.39 is 6.10 Å². The van der Waals surface area contributed by atoms with Gasteiger partial charge >= 0.3 is 0 Å². The Morgan fingerprint density at radius 1 is 1.21 bits per heavy atom. The molecule has 1 aliphatic carbocycles. The van der Waals surface area contributed by atoms with E-state index in [4.69, 9.17) is 14.5 Å². The fourth-order valence-corrected chi connectivity index (χ4v) is 4.24. The zero-order valence-corrected chi connectivity index (χ0v) is 19.5. The summed E-state index contributed by atoms with van der Waals surface area (Å²) >= 11 is 0. The highest BCUT2D eigenvalue weighted by atomic mass is 16.5. The SMILES string of the molecule is CC[C@@H](Oc1cccc(OC)c1)C(=O)N[C@@H]1CC(C)(C)Cc2nc(-c3ccncc3)ncc21. The summed E-state index contributed by atoms with van der Waals surface area (Å²) in [7, 11) is 1.60. The summed E-state index contributed by atoms with van der Waals surface area (Å²) in [5.74, 6) is 1.82. The number of nitrogens with one attached hydrogen (secondary N) is 1. The summed E-state index contributed by atoms with van der Waals surface area (Å²) in [4.78, 5) is 26.7. The molecule has 1 N–H and O–H groups in total. The van der Waals surface area contributed by atoms with E-state index in [0.717, 1.165) is 29.7 Å². The highest BCUT2D eigenvalue weighted by Crippen LogP contribution is 2.40. The van der Waals surface area contributed by atoms with Crippen molar-refractivity contribution < 1.29 is 14.3 Å². The van der Waals surface area contributed by atoms with Crippen LogP contribution in [-0.2, 0) is 11.2 Å². The van der Waals surface area contributed by atoms with E-state index in [2.05, 4.69) is 29.1 Å². The first-order valence-electron chi connectivity index (χ1n) is 11.3. The molecule has 3 aromatic rings. The van der Waals surface area contributed by atoms with Crippen molar-refractivity contribution in [3.63, 3.8) is 0 Å². The van der Waals surface area contributed by atoms with Crippen LogP contribution in [-0.4, -0.2) is 34.1 Å². The number of hydrogen-bond acceptors (Lipinski definition) is 6. The van der Waals surface area contributed by atoms with Crippen LogP contribution in [0.5, 0.6) is 11.5 Å². The summed E-state index contributed by atoms with van der Waals surface area (Å²) in [6.07, 6.45) is 6.89. The first kappa shape index (κ1) is 22.7. The van der Waals surface area contributed by atoms with Gasteiger partial charge in [-0.05, 0) is 48.9 Å². The van der Waals surface area contributed by atoms with Gasteiger partial charge in [-0.25, -0.2) is 9.97 Å². The molecule has 172 valence electrons. The lowest BCUT2D eigenvalue weighted by molar-refractivity contribution is -0.129. The van der Waals surface area contributed by atoms with Crippen LogP contribution in [0.25, 0.3) is 11.4 Å². The molecule has 0 aliphatic heterocycles. The average Bonchev–Trinajstić information content (AvgIpc) is 2.82. The van der Waals surface area contributed by atoms with E-state index >= 15 is 0 Å². The number of benzene rings is 1. The van der Waals surface area contributed by atoms with Crippen molar-refractivity contribution in [2.45, 2.75) is 52.2 Å². The smallest absolute Gasteiger partial charge is 0.261 e. The quantitative estimate of drug-likeness (QED) is 0.574. The summed E-state index contributed by atoms with van der Waals surface area (Å²) in [6, 6.07) is 10.9. The maximum absolute atomic E-state index is 13.2. The van der Waals surface area contributed by atoms with Gasteiger partial charge in [-0.2, -0.15) is 0 Å². The van der Waals surface area contributed by atoms with Gasteiger partial charge in [0, 0.05) is 35.8 Å². The van der Waals surface area contributed by atoms with Gasteiger partial charge in [-0.1, -0.05) is 26.8 Å². The second kappa shape index (κ2) is 9.57. The Labute approximate surface area is 194 Å². The first-order valence-corrected chi connectivity index (χ1v) is 11.3. The minimum absolute atomic E-state index is 0.00974. The van der Waals surface area contributed by atoms with Crippen molar-refractivity contribution in [3.8, 4) is 22.9 Å². The number of pyridine rings is 1. The Balaban J connectivity index is 1.55. The summed E-state index contributed by atoms with van der Waals surface area (Å²) in [6.45, 7) is 6.34. The van der Waals surface area contributed by atoms with Gasteiger partial charge in [0.2, 0.25) is 0 Å². The Kier molecular flexibility index (Phi) is 6.58. The largest absolute Gasteiger partial charge is 0.497 e. The van der Waals surface area contributed by atoms with Gasteiger partial charge in [0.05, 0.1) is 18.8 Å². The molecule has 0 radical (unpaired) electrons. The number of amides is 1. The minimum atomic E-state index is -0.609. The Morgan fingerprint density at radius 2 is 1.97 bits per heavy atom.